The number of halogens is 1. The number of benzene rings is 1. The number of aromatic amines is 1. The van der Waals surface area contributed by atoms with Crippen LogP contribution in [-0.4, -0.2) is 16.1 Å². The van der Waals surface area contributed by atoms with Gasteiger partial charge in [-0.25, -0.2) is 0 Å². The first kappa shape index (κ1) is 11.9. The second-order valence-electron chi connectivity index (χ2n) is 3.73. The molecule has 1 aromatic heterocycles. The molecule has 4 nitrogen and oxygen atoms in total. The predicted octanol–water partition coefficient (Wildman–Crippen LogP) is 2.41. The molecule has 88 valence electrons. The Bertz CT molecular complexity index is 523. The van der Waals surface area contributed by atoms with Crippen molar-refractivity contribution >= 4 is 21.8 Å². The standard InChI is InChI=1S/C12H12BrN3O/c1-8-6-9(2-3-11(8)13)12(17)14-7-10-4-5-15-16-10/h2-6H,7H2,1H3,(H,14,17)(H,15,16). The molecule has 2 aromatic rings. The maximum Gasteiger partial charge on any atom is 0.251 e. The van der Waals surface area contributed by atoms with Crippen LogP contribution >= 0.6 is 15.9 Å². The lowest BCUT2D eigenvalue weighted by molar-refractivity contribution is 0.0950. The average Bonchev–Trinajstić information content (AvgIpc) is 2.82. The van der Waals surface area contributed by atoms with Gasteiger partial charge in [0.1, 0.15) is 0 Å². The Labute approximate surface area is 108 Å². The van der Waals surface area contributed by atoms with Crippen molar-refractivity contribution in [3.8, 4) is 0 Å². The van der Waals surface area contributed by atoms with Gasteiger partial charge >= 0.3 is 0 Å². The Hall–Kier alpha value is -1.62. The minimum atomic E-state index is -0.0878. The van der Waals surface area contributed by atoms with Gasteiger partial charge in [0.05, 0.1) is 12.2 Å². The molecular weight excluding hydrogens is 282 g/mol. The van der Waals surface area contributed by atoms with Gasteiger partial charge in [-0.15, -0.1) is 0 Å². The fraction of sp³-hybridized carbons (Fsp3) is 0.167. The number of nitrogens with one attached hydrogen (secondary N) is 2. The van der Waals surface area contributed by atoms with Crippen LogP contribution in [0.4, 0.5) is 0 Å². The number of amides is 1. The predicted molar refractivity (Wildman–Crippen MR) is 68.6 cm³/mol. The highest BCUT2D eigenvalue weighted by Gasteiger charge is 2.06. The summed E-state index contributed by atoms with van der Waals surface area (Å²) in [6.07, 6.45) is 1.66. The topological polar surface area (TPSA) is 57.8 Å². The third kappa shape index (κ3) is 2.94. The fourth-order valence-electron chi connectivity index (χ4n) is 1.45. The van der Waals surface area contributed by atoms with Crippen LogP contribution < -0.4 is 5.32 Å². The van der Waals surface area contributed by atoms with E-state index in [1.807, 2.05) is 25.1 Å². The first-order valence-corrected chi connectivity index (χ1v) is 5.99. The molecule has 2 rings (SSSR count). The monoisotopic (exact) mass is 293 g/mol. The molecule has 0 aliphatic rings. The molecule has 0 aliphatic carbocycles. The van der Waals surface area contributed by atoms with Crippen molar-refractivity contribution < 1.29 is 4.79 Å². The minimum absolute atomic E-state index is 0.0878. The molecule has 0 aliphatic heterocycles. The summed E-state index contributed by atoms with van der Waals surface area (Å²) in [6.45, 7) is 2.41. The van der Waals surface area contributed by atoms with Gasteiger partial charge in [-0.3, -0.25) is 9.89 Å². The number of nitrogens with zero attached hydrogens (tertiary/aromatic N) is 1. The number of aryl methyl sites for hydroxylation is 1. The molecule has 0 spiro atoms. The summed E-state index contributed by atoms with van der Waals surface area (Å²) in [5.41, 5.74) is 2.58. The third-order valence-corrected chi connectivity index (χ3v) is 3.31. The number of H-pyrrole nitrogens is 1. The smallest absolute Gasteiger partial charge is 0.251 e. The molecule has 0 radical (unpaired) electrons. The Balaban J connectivity index is 2.02. The molecule has 1 amide bonds. The minimum Gasteiger partial charge on any atom is -0.346 e. The summed E-state index contributed by atoms with van der Waals surface area (Å²) in [7, 11) is 0. The van der Waals surface area contributed by atoms with Crippen LogP contribution in [0.25, 0.3) is 0 Å². The number of rotatable bonds is 3. The zero-order valence-corrected chi connectivity index (χ0v) is 10.9. The molecule has 0 unspecified atom stereocenters. The van der Waals surface area contributed by atoms with E-state index in [0.29, 0.717) is 12.1 Å². The SMILES string of the molecule is Cc1cc(C(=O)NCc2ccn[nH]2)ccc1Br. The highest BCUT2D eigenvalue weighted by Crippen LogP contribution is 2.16. The summed E-state index contributed by atoms with van der Waals surface area (Å²) in [6, 6.07) is 7.35. The summed E-state index contributed by atoms with van der Waals surface area (Å²) >= 11 is 3.40. The highest BCUT2D eigenvalue weighted by molar-refractivity contribution is 9.10. The molecule has 2 N–H and O–H groups in total. The van der Waals surface area contributed by atoms with Crippen LogP contribution in [0, 0.1) is 6.92 Å². The van der Waals surface area contributed by atoms with E-state index in [1.165, 1.54) is 0 Å². The first-order chi connectivity index (χ1) is 8.16. The summed E-state index contributed by atoms with van der Waals surface area (Å²) in [5.74, 6) is -0.0878. The van der Waals surface area contributed by atoms with Crippen LogP contribution in [0.2, 0.25) is 0 Å². The Morgan fingerprint density at radius 1 is 1.47 bits per heavy atom. The van der Waals surface area contributed by atoms with Gasteiger partial charge < -0.3 is 5.32 Å². The van der Waals surface area contributed by atoms with E-state index in [9.17, 15) is 4.79 Å². The lowest BCUT2D eigenvalue weighted by Crippen LogP contribution is -2.23. The number of hydrogen-bond acceptors (Lipinski definition) is 2. The zero-order chi connectivity index (χ0) is 12.3. The lowest BCUT2D eigenvalue weighted by atomic mass is 10.1. The van der Waals surface area contributed by atoms with E-state index >= 15 is 0 Å². The van der Waals surface area contributed by atoms with Crippen molar-refractivity contribution in [1.82, 2.24) is 15.5 Å². The molecule has 0 saturated heterocycles. The molecule has 1 aromatic carbocycles. The molecule has 0 bridgehead atoms. The normalized spacial score (nSPS) is 10.2. The van der Waals surface area contributed by atoms with Gasteiger partial charge in [-0.05, 0) is 36.8 Å². The summed E-state index contributed by atoms with van der Waals surface area (Å²) in [5, 5.41) is 9.43. The van der Waals surface area contributed by atoms with Gasteiger partial charge in [0.2, 0.25) is 0 Å². The number of hydrogen-bond donors (Lipinski definition) is 2. The van der Waals surface area contributed by atoms with Crippen LogP contribution in [0.5, 0.6) is 0 Å². The second-order valence-corrected chi connectivity index (χ2v) is 4.58. The van der Waals surface area contributed by atoms with Gasteiger partial charge in [-0.2, -0.15) is 5.10 Å². The van der Waals surface area contributed by atoms with E-state index in [0.717, 1.165) is 15.7 Å². The number of carbonyl (C=O) groups is 1. The van der Waals surface area contributed by atoms with Crippen molar-refractivity contribution in [3.05, 3.63) is 51.8 Å². The number of carbonyl (C=O) groups excluding carboxylic acids is 1. The van der Waals surface area contributed by atoms with Crippen molar-refractivity contribution in [2.75, 3.05) is 0 Å². The van der Waals surface area contributed by atoms with Crippen LogP contribution in [0.1, 0.15) is 21.6 Å². The van der Waals surface area contributed by atoms with E-state index in [4.69, 9.17) is 0 Å². The lowest BCUT2D eigenvalue weighted by Gasteiger charge is -2.05. The van der Waals surface area contributed by atoms with Crippen molar-refractivity contribution in [3.63, 3.8) is 0 Å². The Morgan fingerprint density at radius 2 is 2.29 bits per heavy atom. The summed E-state index contributed by atoms with van der Waals surface area (Å²) < 4.78 is 1.00. The fourth-order valence-corrected chi connectivity index (χ4v) is 1.69. The molecule has 0 atom stereocenters. The van der Waals surface area contributed by atoms with E-state index in [-0.39, 0.29) is 5.91 Å². The van der Waals surface area contributed by atoms with Gasteiger partial charge in [0, 0.05) is 16.2 Å². The van der Waals surface area contributed by atoms with E-state index < -0.39 is 0 Å². The third-order valence-electron chi connectivity index (χ3n) is 2.42. The van der Waals surface area contributed by atoms with Gasteiger partial charge in [-0.1, -0.05) is 15.9 Å². The molecule has 0 saturated carbocycles. The van der Waals surface area contributed by atoms with Gasteiger partial charge in [0.15, 0.2) is 0 Å². The van der Waals surface area contributed by atoms with E-state index in [2.05, 4.69) is 31.4 Å². The van der Waals surface area contributed by atoms with Crippen molar-refractivity contribution in [1.29, 1.82) is 0 Å². The highest BCUT2D eigenvalue weighted by atomic mass is 79.9. The maximum absolute atomic E-state index is 11.8. The largest absolute Gasteiger partial charge is 0.346 e. The van der Waals surface area contributed by atoms with Crippen molar-refractivity contribution in [2.45, 2.75) is 13.5 Å². The first-order valence-electron chi connectivity index (χ1n) is 5.19. The van der Waals surface area contributed by atoms with Crippen LogP contribution in [0.15, 0.2) is 34.9 Å². The molecule has 17 heavy (non-hydrogen) atoms. The molecule has 0 fully saturated rings. The molecular formula is C12H12BrN3O. The Morgan fingerprint density at radius 3 is 2.94 bits per heavy atom. The van der Waals surface area contributed by atoms with Gasteiger partial charge in [0.25, 0.3) is 5.91 Å². The van der Waals surface area contributed by atoms with Crippen LogP contribution in [-0.2, 0) is 6.54 Å². The molecule has 5 heteroatoms. The number of aromatic nitrogens is 2. The average molecular weight is 294 g/mol. The molecule has 1 heterocycles. The van der Waals surface area contributed by atoms with Crippen molar-refractivity contribution in [2.24, 2.45) is 0 Å². The van der Waals surface area contributed by atoms with Crippen LogP contribution in [0.3, 0.4) is 0 Å². The zero-order valence-electron chi connectivity index (χ0n) is 9.33. The Kier molecular flexibility index (Phi) is 3.58. The second kappa shape index (κ2) is 5.14. The quantitative estimate of drug-likeness (QED) is 0.913. The maximum atomic E-state index is 11.8. The summed E-state index contributed by atoms with van der Waals surface area (Å²) in [4.78, 5) is 11.8. The van der Waals surface area contributed by atoms with E-state index in [1.54, 1.807) is 12.3 Å².